The van der Waals surface area contributed by atoms with Crippen LogP contribution in [0.25, 0.3) is 28.0 Å². The van der Waals surface area contributed by atoms with Gasteiger partial charge in [0.25, 0.3) is 0 Å². The highest BCUT2D eigenvalue weighted by atomic mass is 15.1. The smallest absolute Gasteiger partial charge is 0.0546 e. The summed E-state index contributed by atoms with van der Waals surface area (Å²) in [5.41, 5.74) is 13.4. The Balaban J connectivity index is 1.29. The molecule has 1 saturated carbocycles. The van der Waals surface area contributed by atoms with E-state index in [4.69, 9.17) is 0 Å². The van der Waals surface area contributed by atoms with Crippen molar-refractivity contribution in [1.82, 2.24) is 0 Å². The molecule has 0 spiro atoms. The van der Waals surface area contributed by atoms with Gasteiger partial charge in [-0.3, -0.25) is 0 Å². The lowest BCUT2D eigenvalue weighted by Gasteiger charge is -2.38. The van der Waals surface area contributed by atoms with Crippen LogP contribution in [-0.2, 0) is 17.3 Å². The van der Waals surface area contributed by atoms with Crippen molar-refractivity contribution >= 4 is 33.9 Å². The summed E-state index contributed by atoms with van der Waals surface area (Å²) in [5, 5.41) is 2.66. The fourth-order valence-corrected chi connectivity index (χ4v) is 7.93. The predicted molar refractivity (Wildman–Crippen MR) is 200 cm³/mol. The first-order valence-corrected chi connectivity index (χ1v) is 17.3. The highest BCUT2D eigenvalue weighted by Crippen LogP contribution is 2.45. The van der Waals surface area contributed by atoms with Crippen molar-refractivity contribution in [1.29, 1.82) is 0 Å². The molecule has 0 aromatic heterocycles. The van der Waals surface area contributed by atoms with Crippen LogP contribution in [0.15, 0.2) is 121 Å². The quantitative estimate of drug-likeness (QED) is 0.175. The Morgan fingerprint density at radius 2 is 1.39 bits per heavy atom. The van der Waals surface area contributed by atoms with Crippen LogP contribution in [0, 0.1) is 0 Å². The second kappa shape index (κ2) is 12.1. The number of allylic oxidation sites excluding steroid dienone is 2. The van der Waals surface area contributed by atoms with Gasteiger partial charge in [0.2, 0.25) is 0 Å². The van der Waals surface area contributed by atoms with Crippen LogP contribution in [0.4, 0.5) is 17.1 Å². The number of benzene rings is 5. The maximum absolute atomic E-state index is 4.36. The first-order chi connectivity index (χ1) is 22.3. The normalized spacial score (nSPS) is 18.0. The largest absolute Gasteiger partial charge is 0.310 e. The van der Waals surface area contributed by atoms with Gasteiger partial charge in [-0.15, -0.1) is 0 Å². The molecule has 0 N–H and O–H groups in total. The fourth-order valence-electron chi connectivity index (χ4n) is 7.93. The third-order valence-corrected chi connectivity index (χ3v) is 10.7. The maximum atomic E-state index is 4.36. The van der Waals surface area contributed by atoms with E-state index in [2.05, 4.69) is 154 Å². The van der Waals surface area contributed by atoms with E-state index >= 15 is 0 Å². The van der Waals surface area contributed by atoms with E-state index in [9.17, 15) is 0 Å². The third kappa shape index (κ3) is 5.62. The lowest BCUT2D eigenvalue weighted by atomic mass is 9.66. The molecule has 7 rings (SSSR count). The highest BCUT2D eigenvalue weighted by molar-refractivity contribution is 6.02. The van der Waals surface area contributed by atoms with Gasteiger partial charge >= 0.3 is 0 Å². The summed E-state index contributed by atoms with van der Waals surface area (Å²) in [7, 11) is 0. The van der Waals surface area contributed by atoms with Crippen molar-refractivity contribution in [2.45, 2.75) is 83.5 Å². The molecule has 2 aliphatic rings. The minimum Gasteiger partial charge on any atom is -0.310 e. The molecule has 5 aromatic rings. The van der Waals surface area contributed by atoms with Gasteiger partial charge in [0, 0.05) is 16.8 Å². The Labute approximate surface area is 276 Å². The number of rotatable bonds is 6. The van der Waals surface area contributed by atoms with Gasteiger partial charge in [0.1, 0.15) is 0 Å². The van der Waals surface area contributed by atoms with Gasteiger partial charge in [0.15, 0.2) is 0 Å². The second-order valence-corrected chi connectivity index (χ2v) is 14.6. The number of nitrogens with zero attached hydrogens (tertiary/aromatic N) is 1. The topological polar surface area (TPSA) is 3.24 Å². The van der Waals surface area contributed by atoms with E-state index in [-0.39, 0.29) is 10.8 Å². The molecule has 1 atom stereocenters. The molecular formula is C45H47N. The molecule has 0 radical (unpaired) electrons. The standard InChI is InChI=1S/C45H47N/c1-6-45(29-11-12-32(2)31-45)37-21-17-33(18-22-37)34-19-25-38(26-20-34)46(39-27-23-36(24-28-39)44(3,4)5)43-30-35-13-7-8-14-40(35)41-15-9-10-16-42(41)43/h7,9-10,13,15-28,30H,2,6,8,11-12,14,29,31H2,1,3-5H3. The van der Waals surface area contributed by atoms with Gasteiger partial charge < -0.3 is 4.90 Å². The van der Waals surface area contributed by atoms with Crippen molar-refractivity contribution in [2.24, 2.45) is 0 Å². The zero-order chi connectivity index (χ0) is 31.9. The zero-order valence-corrected chi connectivity index (χ0v) is 28.1. The van der Waals surface area contributed by atoms with Crippen molar-refractivity contribution < 1.29 is 0 Å². The van der Waals surface area contributed by atoms with Gasteiger partial charge in [0.05, 0.1) is 5.69 Å². The molecule has 1 heteroatoms. The first-order valence-electron chi connectivity index (χ1n) is 17.3. The Bertz CT molecular complexity index is 1900. The van der Waals surface area contributed by atoms with E-state index in [1.54, 1.807) is 0 Å². The molecular weight excluding hydrogens is 555 g/mol. The molecule has 0 aliphatic heterocycles. The fraction of sp³-hybridized carbons (Fsp3) is 0.289. The lowest BCUT2D eigenvalue weighted by molar-refractivity contribution is 0.330. The van der Waals surface area contributed by atoms with Gasteiger partial charge in [-0.25, -0.2) is 0 Å². The number of anilines is 3. The highest BCUT2D eigenvalue weighted by Gasteiger charge is 2.33. The Kier molecular flexibility index (Phi) is 7.97. The number of hydrogen-bond acceptors (Lipinski definition) is 1. The Morgan fingerprint density at radius 3 is 2.02 bits per heavy atom. The Hall–Kier alpha value is -4.36. The van der Waals surface area contributed by atoms with Crippen molar-refractivity contribution in [3.05, 3.63) is 144 Å². The number of hydrogen-bond donors (Lipinski definition) is 0. The van der Waals surface area contributed by atoms with Gasteiger partial charge in [-0.2, -0.15) is 0 Å². The Morgan fingerprint density at radius 1 is 0.761 bits per heavy atom. The first kappa shape index (κ1) is 30.3. The summed E-state index contributed by atoms with van der Waals surface area (Å²) in [6.07, 6.45) is 12.8. The van der Waals surface area contributed by atoms with E-state index in [1.807, 2.05) is 0 Å². The molecule has 1 unspecified atom stereocenters. The lowest BCUT2D eigenvalue weighted by Crippen LogP contribution is -2.28. The number of fused-ring (bicyclic) bond motifs is 3. The van der Waals surface area contributed by atoms with Crippen LogP contribution < -0.4 is 4.90 Å². The number of aryl methyl sites for hydroxylation is 1. The van der Waals surface area contributed by atoms with E-state index < -0.39 is 0 Å². The average Bonchev–Trinajstić information content (AvgIpc) is 3.08. The monoisotopic (exact) mass is 601 g/mol. The van der Waals surface area contributed by atoms with Crippen LogP contribution >= 0.6 is 0 Å². The minimum atomic E-state index is 0.103. The summed E-state index contributed by atoms with van der Waals surface area (Å²) in [5.74, 6) is 0. The predicted octanol–water partition coefficient (Wildman–Crippen LogP) is 13.0. The zero-order valence-electron chi connectivity index (χ0n) is 28.1. The van der Waals surface area contributed by atoms with E-state index in [1.165, 1.54) is 92.5 Å². The van der Waals surface area contributed by atoms with Crippen LogP contribution in [0.2, 0.25) is 0 Å². The molecule has 0 bridgehead atoms. The van der Waals surface area contributed by atoms with Crippen LogP contribution in [-0.4, -0.2) is 0 Å². The second-order valence-electron chi connectivity index (χ2n) is 14.6. The molecule has 232 valence electrons. The van der Waals surface area contributed by atoms with E-state index in [0.29, 0.717) is 0 Å². The van der Waals surface area contributed by atoms with Crippen LogP contribution in [0.5, 0.6) is 0 Å². The molecule has 1 fully saturated rings. The summed E-state index contributed by atoms with van der Waals surface area (Å²) in [4.78, 5) is 2.45. The van der Waals surface area contributed by atoms with Crippen molar-refractivity contribution in [3.8, 4) is 11.1 Å². The van der Waals surface area contributed by atoms with E-state index in [0.717, 1.165) is 19.3 Å². The average molecular weight is 602 g/mol. The maximum Gasteiger partial charge on any atom is 0.0546 e. The SMILES string of the molecule is C=C1CCCC(CC)(c2ccc(-c3ccc(N(c4ccc(C(C)(C)C)cc4)c4cc5c(c6ccccc46)CCC=C5)cc3)cc2)C1. The van der Waals surface area contributed by atoms with Gasteiger partial charge in [-0.1, -0.05) is 125 Å². The van der Waals surface area contributed by atoms with Crippen LogP contribution in [0.3, 0.4) is 0 Å². The molecule has 46 heavy (non-hydrogen) atoms. The minimum absolute atomic E-state index is 0.103. The summed E-state index contributed by atoms with van der Waals surface area (Å²) in [6.45, 7) is 13.5. The molecule has 0 saturated heterocycles. The van der Waals surface area contributed by atoms with Crippen molar-refractivity contribution in [3.63, 3.8) is 0 Å². The van der Waals surface area contributed by atoms with Gasteiger partial charge in [-0.05, 0) is 125 Å². The summed E-state index contributed by atoms with van der Waals surface area (Å²) < 4.78 is 0. The molecule has 1 nitrogen and oxygen atoms in total. The molecule has 5 aromatic carbocycles. The summed E-state index contributed by atoms with van der Waals surface area (Å²) >= 11 is 0. The molecule has 2 aliphatic carbocycles. The van der Waals surface area contributed by atoms with Crippen molar-refractivity contribution in [2.75, 3.05) is 4.90 Å². The third-order valence-electron chi connectivity index (χ3n) is 10.7. The van der Waals surface area contributed by atoms with Crippen LogP contribution in [0.1, 0.15) is 88.5 Å². The molecule has 0 amide bonds. The molecule has 0 heterocycles. The summed E-state index contributed by atoms with van der Waals surface area (Å²) in [6, 6.07) is 39.1.